The molecule has 0 saturated carbocycles. The molecule has 0 radical (unpaired) electrons. The zero-order chi connectivity index (χ0) is 10.6. The number of nitro groups is 1. The second kappa shape index (κ2) is 4.69. The van der Waals surface area contributed by atoms with Crippen LogP contribution in [0.3, 0.4) is 0 Å². The Balaban J connectivity index is 3.10. The molecule has 1 rings (SSSR count). The Morgan fingerprint density at radius 2 is 2.21 bits per heavy atom. The van der Waals surface area contributed by atoms with Crippen LogP contribution in [-0.2, 0) is 13.0 Å². The molecule has 0 fully saturated rings. The van der Waals surface area contributed by atoms with Gasteiger partial charge >= 0.3 is 0 Å². The maximum Gasteiger partial charge on any atom is 0.272 e. The van der Waals surface area contributed by atoms with Crippen molar-refractivity contribution in [1.82, 2.24) is 0 Å². The summed E-state index contributed by atoms with van der Waals surface area (Å²) >= 11 is 0. The first-order chi connectivity index (χ1) is 6.69. The largest absolute Gasteiger partial charge is 0.396 e. The lowest BCUT2D eigenvalue weighted by Crippen LogP contribution is -2.02. The molecule has 0 aliphatic rings. The summed E-state index contributed by atoms with van der Waals surface area (Å²) < 4.78 is 0. The lowest BCUT2D eigenvalue weighted by atomic mass is 10.1. The van der Waals surface area contributed by atoms with Crippen LogP contribution in [0, 0.1) is 10.1 Å². The van der Waals surface area contributed by atoms with Gasteiger partial charge in [-0.3, -0.25) is 10.1 Å². The quantitative estimate of drug-likeness (QED) is 0.544. The monoisotopic (exact) mass is 196 g/mol. The molecule has 1 aromatic rings. The molecule has 0 amide bonds. The minimum Gasteiger partial charge on any atom is -0.396 e. The van der Waals surface area contributed by atoms with Crippen molar-refractivity contribution in [3.8, 4) is 0 Å². The van der Waals surface area contributed by atoms with Crippen molar-refractivity contribution in [2.45, 2.75) is 13.0 Å². The minimum absolute atomic E-state index is 0.0382. The number of rotatable bonds is 4. The summed E-state index contributed by atoms with van der Waals surface area (Å²) in [6.07, 6.45) is 0.282. The molecule has 14 heavy (non-hydrogen) atoms. The highest BCUT2D eigenvalue weighted by Gasteiger charge is 2.12. The van der Waals surface area contributed by atoms with Crippen molar-refractivity contribution in [2.24, 2.45) is 5.73 Å². The molecule has 3 N–H and O–H groups in total. The van der Waals surface area contributed by atoms with Gasteiger partial charge in [0, 0.05) is 31.2 Å². The smallest absolute Gasteiger partial charge is 0.272 e. The number of nitro benzene ring substituents is 1. The Labute approximate surface area is 81.3 Å². The third kappa shape index (κ3) is 2.27. The molecule has 0 saturated heterocycles. The highest BCUT2D eigenvalue weighted by atomic mass is 16.6. The predicted octanol–water partition coefficient (Wildman–Crippen LogP) is 0.588. The minimum atomic E-state index is -0.453. The lowest BCUT2D eigenvalue weighted by molar-refractivity contribution is -0.385. The molecular formula is C9H12N2O3. The fourth-order valence-corrected chi connectivity index (χ4v) is 1.26. The third-order valence-corrected chi connectivity index (χ3v) is 1.96. The van der Waals surface area contributed by atoms with E-state index >= 15 is 0 Å². The first-order valence-electron chi connectivity index (χ1n) is 4.26. The zero-order valence-corrected chi connectivity index (χ0v) is 7.64. The molecule has 0 aliphatic carbocycles. The van der Waals surface area contributed by atoms with Crippen LogP contribution in [-0.4, -0.2) is 16.6 Å². The number of hydrogen-bond acceptors (Lipinski definition) is 4. The van der Waals surface area contributed by atoms with E-state index in [1.54, 1.807) is 12.1 Å². The number of hydrogen-bond donors (Lipinski definition) is 2. The highest BCUT2D eigenvalue weighted by Crippen LogP contribution is 2.20. The van der Waals surface area contributed by atoms with E-state index in [1.165, 1.54) is 6.07 Å². The van der Waals surface area contributed by atoms with Crippen molar-refractivity contribution in [1.29, 1.82) is 0 Å². The average Bonchev–Trinajstić information content (AvgIpc) is 2.17. The fourth-order valence-electron chi connectivity index (χ4n) is 1.26. The summed E-state index contributed by atoms with van der Waals surface area (Å²) in [7, 11) is 0. The number of nitrogens with two attached hydrogens (primary N) is 1. The first kappa shape index (κ1) is 10.6. The molecule has 0 atom stereocenters. The van der Waals surface area contributed by atoms with Crippen molar-refractivity contribution >= 4 is 5.69 Å². The van der Waals surface area contributed by atoms with Gasteiger partial charge in [-0.2, -0.15) is 0 Å². The van der Waals surface area contributed by atoms with Crippen molar-refractivity contribution in [3.05, 3.63) is 39.4 Å². The van der Waals surface area contributed by atoms with E-state index in [0.29, 0.717) is 12.1 Å². The summed E-state index contributed by atoms with van der Waals surface area (Å²) in [5, 5.41) is 19.3. The van der Waals surface area contributed by atoms with E-state index in [4.69, 9.17) is 10.8 Å². The van der Waals surface area contributed by atoms with Gasteiger partial charge in [0.1, 0.15) is 0 Å². The standard InChI is InChI=1S/C9H12N2O3/c10-6-7-1-2-9(11(13)14)8(5-7)3-4-12/h1-2,5,12H,3-4,6,10H2. The second-order valence-electron chi connectivity index (χ2n) is 2.90. The second-order valence-corrected chi connectivity index (χ2v) is 2.90. The number of aliphatic hydroxyl groups excluding tert-OH is 1. The van der Waals surface area contributed by atoms with Gasteiger partial charge in [0.15, 0.2) is 0 Å². The number of aliphatic hydroxyl groups is 1. The summed E-state index contributed by atoms with van der Waals surface area (Å²) in [6.45, 7) is 0.241. The zero-order valence-electron chi connectivity index (χ0n) is 7.64. The van der Waals surface area contributed by atoms with E-state index in [-0.39, 0.29) is 18.7 Å². The van der Waals surface area contributed by atoms with Crippen LogP contribution < -0.4 is 5.73 Å². The molecule has 0 aromatic heterocycles. The first-order valence-corrected chi connectivity index (χ1v) is 4.26. The molecule has 5 heteroatoms. The Bertz CT molecular complexity index is 339. The van der Waals surface area contributed by atoms with Crippen molar-refractivity contribution in [2.75, 3.05) is 6.61 Å². The van der Waals surface area contributed by atoms with Crippen LogP contribution in [0.15, 0.2) is 18.2 Å². The maximum absolute atomic E-state index is 10.6. The molecule has 76 valence electrons. The number of benzene rings is 1. The van der Waals surface area contributed by atoms with Crippen LogP contribution >= 0.6 is 0 Å². The Kier molecular flexibility index (Phi) is 3.55. The van der Waals surface area contributed by atoms with Crippen LogP contribution in [0.5, 0.6) is 0 Å². The molecule has 0 heterocycles. The van der Waals surface area contributed by atoms with Crippen molar-refractivity contribution in [3.63, 3.8) is 0 Å². The highest BCUT2D eigenvalue weighted by molar-refractivity contribution is 5.43. The Morgan fingerprint density at radius 1 is 1.50 bits per heavy atom. The summed E-state index contributed by atoms with van der Waals surface area (Å²) in [5.41, 5.74) is 6.81. The predicted molar refractivity (Wildman–Crippen MR) is 51.8 cm³/mol. The van der Waals surface area contributed by atoms with Gasteiger partial charge in [0.25, 0.3) is 5.69 Å². The van der Waals surface area contributed by atoms with E-state index in [9.17, 15) is 10.1 Å². The molecular weight excluding hydrogens is 184 g/mol. The molecule has 0 unspecified atom stereocenters. The Morgan fingerprint density at radius 3 is 2.71 bits per heavy atom. The maximum atomic E-state index is 10.6. The summed E-state index contributed by atoms with van der Waals surface area (Å²) in [4.78, 5) is 10.1. The Hall–Kier alpha value is -1.46. The summed E-state index contributed by atoms with van der Waals surface area (Å²) in [6, 6.07) is 4.71. The molecule has 5 nitrogen and oxygen atoms in total. The van der Waals surface area contributed by atoms with Crippen molar-refractivity contribution < 1.29 is 10.0 Å². The molecule has 0 bridgehead atoms. The lowest BCUT2D eigenvalue weighted by Gasteiger charge is -2.03. The normalized spacial score (nSPS) is 10.1. The van der Waals surface area contributed by atoms with Crippen LogP contribution in [0.25, 0.3) is 0 Å². The average molecular weight is 196 g/mol. The van der Waals surface area contributed by atoms with Crippen LogP contribution in [0.1, 0.15) is 11.1 Å². The van der Waals surface area contributed by atoms with Crippen LogP contribution in [0.4, 0.5) is 5.69 Å². The summed E-state index contributed by atoms with van der Waals surface area (Å²) in [5.74, 6) is 0. The molecule has 0 spiro atoms. The molecule has 0 aliphatic heterocycles. The van der Waals surface area contributed by atoms with Crippen LogP contribution in [0.2, 0.25) is 0 Å². The van der Waals surface area contributed by atoms with E-state index < -0.39 is 4.92 Å². The fraction of sp³-hybridized carbons (Fsp3) is 0.333. The SMILES string of the molecule is NCc1ccc([N+](=O)[O-])c(CCO)c1. The molecule has 1 aromatic carbocycles. The van der Waals surface area contributed by atoms with Gasteiger partial charge in [0.05, 0.1) is 4.92 Å². The van der Waals surface area contributed by atoms with E-state index in [1.807, 2.05) is 0 Å². The van der Waals surface area contributed by atoms with Gasteiger partial charge in [-0.1, -0.05) is 6.07 Å². The topological polar surface area (TPSA) is 89.4 Å². The van der Waals surface area contributed by atoms with Gasteiger partial charge in [-0.05, 0) is 11.6 Å². The van der Waals surface area contributed by atoms with Gasteiger partial charge in [-0.25, -0.2) is 0 Å². The van der Waals surface area contributed by atoms with Gasteiger partial charge < -0.3 is 10.8 Å². The van der Waals surface area contributed by atoms with Gasteiger partial charge in [0.2, 0.25) is 0 Å². The van der Waals surface area contributed by atoms with E-state index in [0.717, 1.165) is 5.56 Å². The van der Waals surface area contributed by atoms with Gasteiger partial charge in [-0.15, -0.1) is 0 Å². The third-order valence-electron chi connectivity index (χ3n) is 1.96. The van der Waals surface area contributed by atoms with E-state index in [2.05, 4.69) is 0 Å². The number of nitrogens with zero attached hydrogens (tertiary/aromatic N) is 1.